The lowest BCUT2D eigenvalue weighted by Crippen LogP contribution is -2.40. The SMILES string of the molecule is CCO[C@H](CC)CN1CCOc2cc3c(c(C)c21)CCN(C(=O)OC(C)(C)C)CC3. The van der Waals surface area contributed by atoms with Crippen LogP contribution < -0.4 is 9.64 Å². The summed E-state index contributed by atoms with van der Waals surface area (Å²) in [5, 5.41) is 0. The van der Waals surface area contributed by atoms with E-state index in [1.807, 2.05) is 25.7 Å². The average molecular weight is 419 g/mol. The fourth-order valence-electron chi connectivity index (χ4n) is 4.42. The predicted octanol–water partition coefficient (Wildman–Crippen LogP) is 4.34. The zero-order chi connectivity index (χ0) is 21.9. The number of hydrogen-bond donors (Lipinski definition) is 0. The van der Waals surface area contributed by atoms with E-state index >= 15 is 0 Å². The molecule has 0 bridgehead atoms. The van der Waals surface area contributed by atoms with Crippen LogP contribution in [0.3, 0.4) is 0 Å². The summed E-state index contributed by atoms with van der Waals surface area (Å²) in [6.45, 7) is 16.7. The van der Waals surface area contributed by atoms with Gasteiger partial charge in [-0.25, -0.2) is 4.79 Å². The Bertz CT molecular complexity index is 757. The molecule has 6 heteroatoms. The molecule has 0 radical (unpaired) electrons. The van der Waals surface area contributed by atoms with E-state index in [9.17, 15) is 4.79 Å². The minimum absolute atomic E-state index is 0.224. The molecule has 3 rings (SSSR count). The van der Waals surface area contributed by atoms with Crippen LogP contribution in [0, 0.1) is 6.92 Å². The van der Waals surface area contributed by atoms with Crippen LogP contribution in [0.1, 0.15) is 57.7 Å². The predicted molar refractivity (Wildman–Crippen MR) is 120 cm³/mol. The number of anilines is 1. The van der Waals surface area contributed by atoms with Crippen molar-refractivity contribution in [2.75, 3.05) is 44.3 Å². The highest BCUT2D eigenvalue weighted by Crippen LogP contribution is 2.40. The lowest BCUT2D eigenvalue weighted by atomic mass is 9.94. The van der Waals surface area contributed by atoms with Gasteiger partial charge in [0.1, 0.15) is 18.0 Å². The monoisotopic (exact) mass is 418 g/mol. The maximum atomic E-state index is 12.6. The maximum Gasteiger partial charge on any atom is 0.410 e. The van der Waals surface area contributed by atoms with Crippen LogP contribution in [0.4, 0.5) is 10.5 Å². The summed E-state index contributed by atoms with van der Waals surface area (Å²) in [4.78, 5) is 16.8. The van der Waals surface area contributed by atoms with Gasteiger partial charge >= 0.3 is 6.09 Å². The molecular weight excluding hydrogens is 380 g/mol. The largest absolute Gasteiger partial charge is 0.490 e. The van der Waals surface area contributed by atoms with E-state index in [1.54, 1.807) is 0 Å². The highest BCUT2D eigenvalue weighted by atomic mass is 16.6. The quantitative estimate of drug-likeness (QED) is 0.712. The smallest absolute Gasteiger partial charge is 0.410 e. The van der Waals surface area contributed by atoms with Gasteiger partial charge in [0.15, 0.2) is 0 Å². The number of carbonyl (C=O) groups is 1. The average Bonchev–Trinajstić information content (AvgIpc) is 2.89. The molecule has 1 aromatic carbocycles. The second-order valence-corrected chi connectivity index (χ2v) is 9.23. The third-order valence-electron chi connectivity index (χ3n) is 5.89. The van der Waals surface area contributed by atoms with Crippen molar-refractivity contribution >= 4 is 11.8 Å². The molecule has 0 saturated carbocycles. The Kier molecular flexibility index (Phi) is 7.17. The van der Waals surface area contributed by atoms with Crippen LogP contribution in [0.5, 0.6) is 5.75 Å². The van der Waals surface area contributed by atoms with E-state index < -0.39 is 5.60 Å². The lowest BCUT2D eigenvalue weighted by Gasteiger charge is -2.36. The molecule has 2 aliphatic rings. The molecule has 0 aliphatic carbocycles. The second kappa shape index (κ2) is 9.46. The van der Waals surface area contributed by atoms with Crippen molar-refractivity contribution in [3.05, 3.63) is 22.8 Å². The number of benzene rings is 1. The molecule has 0 unspecified atom stereocenters. The van der Waals surface area contributed by atoms with Crippen LogP contribution in [0.2, 0.25) is 0 Å². The number of hydrogen-bond acceptors (Lipinski definition) is 5. The van der Waals surface area contributed by atoms with Crippen LogP contribution in [-0.2, 0) is 22.3 Å². The maximum absolute atomic E-state index is 12.6. The summed E-state index contributed by atoms with van der Waals surface area (Å²) < 4.78 is 17.6. The van der Waals surface area contributed by atoms with Gasteiger partial charge < -0.3 is 24.0 Å². The van der Waals surface area contributed by atoms with Gasteiger partial charge in [-0.3, -0.25) is 0 Å². The van der Waals surface area contributed by atoms with E-state index in [0.717, 1.165) is 44.7 Å². The fourth-order valence-corrected chi connectivity index (χ4v) is 4.42. The van der Waals surface area contributed by atoms with E-state index in [1.165, 1.54) is 22.4 Å². The molecule has 168 valence electrons. The molecular formula is C24H38N2O4. The number of fused-ring (bicyclic) bond motifs is 2. The zero-order valence-corrected chi connectivity index (χ0v) is 19.5. The Hall–Kier alpha value is -1.95. The first kappa shape index (κ1) is 22.7. The Morgan fingerprint density at radius 3 is 2.60 bits per heavy atom. The minimum atomic E-state index is -0.476. The van der Waals surface area contributed by atoms with E-state index in [4.69, 9.17) is 14.2 Å². The third-order valence-corrected chi connectivity index (χ3v) is 5.89. The first-order valence-corrected chi connectivity index (χ1v) is 11.4. The number of rotatable bonds is 5. The third kappa shape index (κ3) is 5.20. The summed E-state index contributed by atoms with van der Waals surface area (Å²) in [6, 6.07) is 2.20. The van der Waals surface area contributed by atoms with Crippen LogP contribution in [0.15, 0.2) is 6.07 Å². The summed E-state index contributed by atoms with van der Waals surface area (Å²) in [6.07, 6.45) is 2.65. The van der Waals surface area contributed by atoms with Gasteiger partial charge in [-0.2, -0.15) is 0 Å². The number of ether oxygens (including phenoxy) is 3. The first-order valence-electron chi connectivity index (χ1n) is 11.4. The molecule has 2 aliphatic heterocycles. The Balaban J connectivity index is 1.82. The molecule has 0 saturated heterocycles. The number of carbonyl (C=O) groups excluding carboxylic acids is 1. The van der Waals surface area contributed by atoms with Crippen molar-refractivity contribution in [3.63, 3.8) is 0 Å². The van der Waals surface area contributed by atoms with Gasteiger partial charge in [-0.05, 0) is 76.6 Å². The van der Waals surface area contributed by atoms with Crippen molar-refractivity contribution in [1.82, 2.24) is 4.90 Å². The molecule has 2 heterocycles. The van der Waals surface area contributed by atoms with Crippen molar-refractivity contribution in [2.45, 2.75) is 72.5 Å². The Morgan fingerprint density at radius 2 is 1.93 bits per heavy atom. The summed E-state index contributed by atoms with van der Waals surface area (Å²) in [5.41, 5.74) is 4.63. The van der Waals surface area contributed by atoms with Crippen molar-refractivity contribution in [1.29, 1.82) is 0 Å². The van der Waals surface area contributed by atoms with E-state index in [-0.39, 0.29) is 12.2 Å². The molecule has 0 fully saturated rings. The van der Waals surface area contributed by atoms with Gasteiger partial charge in [0.2, 0.25) is 0 Å². The first-order chi connectivity index (χ1) is 14.2. The minimum Gasteiger partial charge on any atom is -0.490 e. The highest BCUT2D eigenvalue weighted by Gasteiger charge is 2.29. The summed E-state index contributed by atoms with van der Waals surface area (Å²) >= 11 is 0. The number of nitrogens with zero attached hydrogens (tertiary/aromatic N) is 2. The fraction of sp³-hybridized carbons (Fsp3) is 0.708. The van der Waals surface area contributed by atoms with Gasteiger partial charge in [0.05, 0.1) is 18.3 Å². The normalized spacial score (nSPS) is 17.5. The molecule has 0 N–H and O–H groups in total. The molecule has 1 aromatic rings. The van der Waals surface area contributed by atoms with E-state index in [2.05, 4.69) is 31.7 Å². The van der Waals surface area contributed by atoms with Crippen LogP contribution in [-0.4, -0.2) is 62.1 Å². The van der Waals surface area contributed by atoms with Gasteiger partial charge in [-0.15, -0.1) is 0 Å². The molecule has 1 amide bonds. The molecule has 0 aromatic heterocycles. The van der Waals surface area contributed by atoms with Crippen LogP contribution in [0.25, 0.3) is 0 Å². The number of amides is 1. The summed E-state index contributed by atoms with van der Waals surface area (Å²) in [7, 11) is 0. The van der Waals surface area contributed by atoms with E-state index in [0.29, 0.717) is 19.7 Å². The summed E-state index contributed by atoms with van der Waals surface area (Å²) in [5.74, 6) is 0.967. The van der Waals surface area contributed by atoms with Gasteiger partial charge in [-0.1, -0.05) is 6.92 Å². The molecule has 6 nitrogen and oxygen atoms in total. The Labute approximate surface area is 181 Å². The highest BCUT2D eigenvalue weighted by molar-refractivity contribution is 5.71. The molecule has 1 atom stereocenters. The topological polar surface area (TPSA) is 51.2 Å². The lowest BCUT2D eigenvalue weighted by molar-refractivity contribution is 0.0258. The molecule has 0 spiro atoms. The van der Waals surface area contributed by atoms with Crippen molar-refractivity contribution < 1.29 is 19.0 Å². The van der Waals surface area contributed by atoms with Gasteiger partial charge in [0, 0.05) is 26.2 Å². The van der Waals surface area contributed by atoms with Crippen molar-refractivity contribution in [2.24, 2.45) is 0 Å². The Morgan fingerprint density at radius 1 is 1.20 bits per heavy atom. The van der Waals surface area contributed by atoms with Gasteiger partial charge in [0.25, 0.3) is 0 Å². The second-order valence-electron chi connectivity index (χ2n) is 9.23. The van der Waals surface area contributed by atoms with Crippen molar-refractivity contribution in [3.8, 4) is 5.75 Å². The van der Waals surface area contributed by atoms with Crippen LogP contribution >= 0.6 is 0 Å². The standard InChI is InChI=1S/C24H38N2O4/c1-7-19(28-8-2)16-26-13-14-29-21-15-18-9-11-25(23(27)30-24(4,5)6)12-10-20(18)17(3)22(21)26/h15,19H,7-14,16H2,1-6H3/t19-/m1/s1. The molecule has 30 heavy (non-hydrogen) atoms. The zero-order valence-electron chi connectivity index (χ0n) is 19.5.